The molecule has 0 aromatic heterocycles. The highest BCUT2D eigenvalue weighted by Gasteiger charge is 2.02. The van der Waals surface area contributed by atoms with Gasteiger partial charge < -0.3 is 41.7 Å². The van der Waals surface area contributed by atoms with Gasteiger partial charge in [-0.2, -0.15) is 0 Å². The minimum absolute atomic E-state index is 0.798. The lowest BCUT2D eigenvalue weighted by atomic mass is 10.1. The summed E-state index contributed by atoms with van der Waals surface area (Å²) in [5, 5.41) is 21.0. The molecule has 0 unspecified atom stereocenters. The van der Waals surface area contributed by atoms with Crippen molar-refractivity contribution in [3.63, 3.8) is 0 Å². The van der Waals surface area contributed by atoms with Crippen LogP contribution in [0, 0.1) is 0 Å². The number of hydrogen-bond acceptors (Lipinski definition) is 7. The molecule has 38 heavy (non-hydrogen) atoms. The van der Waals surface area contributed by atoms with Crippen LogP contribution in [0.25, 0.3) is 0 Å². The highest BCUT2D eigenvalue weighted by Crippen LogP contribution is 2.10. The Bertz CT molecular complexity index is 477. The van der Waals surface area contributed by atoms with E-state index in [9.17, 15) is 0 Å². The second-order valence-electron chi connectivity index (χ2n) is 10.7. The molecule has 0 rings (SSSR count). The van der Waals surface area contributed by atoms with Gasteiger partial charge in [-0.15, -0.1) is 0 Å². The summed E-state index contributed by atoms with van der Waals surface area (Å²) in [6, 6.07) is 0. The van der Waals surface area contributed by atoms with E-state index in [1.165, 1.54) is 64.2 Å². The topological polar surface area (TPSA) is 91.0 Å². The van der Waals surface area contributed by atoms with Crippen LogP contribution in [-0.2, 0) is 0 Å². The van der Waals surface area contributed by atoms with Crippen LogP contribution >= 0.6 is 0 Å². The van der Waals surface area contributed by atoms with Crippen molar-refractivity contribution < 1.29 is 0 Å². The van der Waals surface area contributed by atoms with Gasteiger partial charge in [0.1, 0.15) is 0 Å². The minimum atomic E-state index is 0.798. The first kappa shape index (κ1) is 37.0. The van der Waals surface area contributed by atoms with Crippen molar-refractivity contribution in [3.05, 3.63) is 0 Å². The van der Waals surface area contributed by atoms with E-state index in [0.29, 0.717) is 0 Å². The Morgan fingerprint density at radius 3 is 1.11 bits per heavy atom. The lowest BCUT2D eigenvalue weighted by molar-refractivity contribution is 0.478. The molecule has 0 aliphatic heterocycles. The van der Waals surface area contributed by atoms with E-state index >= 15 is 0 Å². The molecule has 0 saturated carbocycles. The molecule has 0 aromatic carbocycles. The normalized spacial score (nSPS) is 11.2. The van der Waals surface area contributed by atoms with Crippen LogP contribution in [0.4, 0.5) is 0 Å². The predicted molar refractivity (Wildman–Crippen MR) is 169 cm³/mol. The number of rotatable bonds is 29. The molecule has 0 aromatic rings. The lowest BCUT2D eigenvalue weighted by Gasteiger charge is -2.22. The first-order valence-corrected chi connectivity index (χ1v) is 15.7. The fourth-order valence-corrected chi connectivity index (χ4v) is 4.29. The number of unbranched alkanes of at least 4 members (excludes halogenated alkanes) is 9. The maximum atomic E-state index is 4.62. The van der Waals surface area contributed by atoms with Crippen molar-refractivity contribution >= 4 is 5.96 Å². The Labute approximate surface area is 237 Å². The molecule has 0 atom stereocenters. The summed E-state index contributed by atoms with van der Waals surface area (Å²) in [4.78, 5) is 8.70. The first-order valence-electron chi connectivity index (χ1n) is 15.7. The zero-order chi connectivity index (χ0) is 27.9. The standard InChI is InChI=1S/C29H67N9/c1-6-7-8-9-10-11-12-13-14-15-16-30-17-18-31-19-20-32-21-22-33-23-24-34-25-26-35-27-28-36-29(37(2)3)38(4)5/h30-35H,6-28H2,1-5H3. The second kappa shape index (κ2) is 30.6. The highest BCUT2D eigenvalue weighted by molar-refractivity contribution is 5.79. The van der Waals surface area contributed by atoms with Gasteiger partial charge in [0.2, 0.25) is 0 Å². The van der Waals surface area contributed by atoms with Crippen LogP contribution in [0.2, 0.25) is 0 Å². The fourth-order valence-electron chi connectivity index (χ4n) is 4.29. The van der Waals surface area contributed by atoms with E-state index in [4.69, 9.17) is 0 Å². The molecular weight excluding hydrogens is 474 g/mol. The van der Waals surface area contributed by atoms with Crippen LogP contribution in [0.15, 0.2) is 4.99 Å². The number of nitrogens with zero attached hydrogens (tertiary/aromatic N) is 3. The van der Waals surface area contributed by atoms with Crippen molar-refractivity contribution in [1.82, 2.24) is 41.7 Å². The quantitative estimate of drug-likeness (QED) is 0.0486. The zero-order valence-corrected chi connectivity index (χ0v) is 26.1. The van der Waals surface area contributed by atoms with E-state index < -0.39 is 0 Å². The molecule has 9 nitrogen and oxygen atoms in total. The first-order chi connectivity index (χ1) is 18.6. The van der Waals surface area contributed by atoms with Gasteiger partial charge in [-0.1, -0.05) is 64.7 Å². The number of aliphatic imine (C=N–C) groups is 1. The van der Waals surface area contributed by atoms with Crippen molar-refractivity contribution in [2.24, 2.45) is 4.99 Å². The molecule has 0 saturated heterocycles. The highest BCUT2D eigenvalue weighted by atomic mass is 15.3. The van der Waals surface area contributed by atoms with Gasteiger partial charge in [0.25, 0.3) is 0 Å². The molecule has 0 amide bonds. The summed E-state index contributed by atoms with van der Waals surface area (Å²) in [7, 11) is 8.10. The van der Waals surface area contributed by atoms with Crippen LogP contribution < -0.4 is 31.9 Å². The van der Waals surface area contributed by atoms with E-state index in [2.05, 4.69) is 43.8 Å². The van der Waals surface area contributed by atoms with Gasteiger partial charge in [0.05, 0.1) is 6.54 Å². The largest absolute Gasteiger partial charge is 0.349 e. The molecule has 0 bridgehead atoms. The third-order valence-corrected chi connectivity index (χ3v) is 6.44. The summed E-state index contributed by atoms with van der Waals surface area (Å²) in [6.45, 7) is 15.3. The number of guanidine groups is 1. The van der Waals surface area contributed by atoms with Crippen molar-refractivity contribution in [2.45, 2.75) is 71.1 Å². The Kier molecular flexibility index (Phi) is 29.8. The molecule has 9 heteroatoms. The fraction of sp³-hybridized carbons (Fsp3) is 0.966. The SMILES string of the molecule is CCCCCCCCCCCCNCCNCCNCCNCCNCCNCCN=C(N(C)C)N(C)C. The lowest BCUT2D eigenvalue weighted by Crippen LogP contribution is -2.37. The average molecular weight is 542 g/mol. The van der Waals surface area contributed by atoms with Crippen LogP contribution in [0.1, 0.15) is 71.1 Å². The summed E-state index contributed by atoms with van der Waals surface area (Å²) in [5.41, 5.74) is 0. The Morgan fingerprint density at radius 1 is 0.421 bits per heavy atom. The smallest absolute Gasteiger partial charge is 0.195 e. The molecule has 0 radical (unpaired) electrons. The van der Waals surface area contributed by atoms with Gasteiger partial charge in [-0.25, -0.2) is 0 Å². The van der Waals surface area contributed by atoms with E-state index in [1.807, 2.05) is 38.0 Å². The van der Waals surface area contributed by atoms with Crippen LogP contribution in [-0.4, -0.2) is 129 Å². The summed E-state index contributed by atoms with van der Waals surface area (Å²) in [6.07, 6.45) is 14.1. The van der Waals surface area contributed by atoms with Crippen molar-refractivity contribution in [1.29, 1.82) is 0 Å². The molecule has 0 heterocycles. The summed E-state index contributed by atoms with van der Waals surface area (Å²) >= 11 is 0. The van der Waals surface area contributed by atoms with Gasteiger partial charge in [-0.05, 0) is 13.0 Å². The Hall–Kier alpha value is -0.970. The van der Waals surface area contributed by atoms with E-state index in [1.54, 1.807) is 0 Å². The Balaban J connectivity index is 3.15. The van der Waals surface area contributed by atoms with E-state index in [0.717, 1.165) is 91.0 Å². The molecule has 0 spiro atoms. The molecular formula is C29H67N9. The maximum Gasteiger partial charge on any atom is 0.195 e. The van der Waals surface area contributed by atoms with E-state index in [-0.39, 0.29) is 0 Å². The predicted octanol–water partition coefficient (Wildman–Crippen LogP) is 1.92. The van der Waals surface area contributed by atoms with Gasteiger partial charge in [0, 0.05) is 100 Å². The van der Waals surface area contributed by atoms with Crippen molar-refractivity contribution in [2.75, 3.05) is 113 Å². The molecule has 6 N–H and O–H groups in total. The molecule has 228 valence electrons. The van der Waals surface area contributed by atoms with Gasteiger partial charge >= 0.3 is 0 Å². The second-order valence-corrected chi connectivity index (χ2v) is 10.7. The maximum absolute atomic E-state index is 4.62. The van der Waals surface area contributed by atoms with Crippen LogP contribution in [0.5, 0.6) is 0 Å². The summed E-state index contributed by atoms with van der Waals surface area (Å²) in [5.74, 6) is 1.00. The van der Waals surface area contributed by atoms with Gasteiger partial charge in [-0.3, -0.25) is 4.99 Å². The third kappa shape index (κ3) is 28.0. The monoisotopic (exact) mass is 542 g/mol. The van der Waals surface area contributed by atoms with Crippen molar-refractivity contribution in [3.8, 4) is 0 Å². The zero-order valence-electron chi connectivity index (χ0n) is 26.1. The minimum Gasteiger partial charge on any atom is -0.349 e. The third-order valence-electron chi connectivity index (χ3n) is 6.44. The number of hydrogen-bond donors (Lipinski definition) is 6. The average Bonchev–Trinajstić information content (AvgIpc) is 2.89. The van der Waals surface area contributed by atoms with Gasteiger partial charge in [0.15, 0.2) is 5.96 Å². The molecule has 0 aliphatic rings. The Morgan fingerprint density at radius 2 is 0.737 bits per heavy atom. The summed E-state index contributed by atoms with van der Waals surface area (Å²) < 4.78 is 0. The molecule has 0 fully saturated rings. The van der Waals surface area contributed by atoms with Crippen LogP contribution in [0.3, 0.4) is 0 Å². The number of nitrogens with one attached hydrogen (secondary N) is 6. The molecule has 0 aliphatic carbocycles.